The Hall–Kier alpha value is -3.25. The molecule has 0 amide bonds. The number of nitrogens with one attached hydrogen (secondary N) is 1. The van der Waals surface area contributed by atoms with Crippen LogP contribution in [0, 0.1) is 11.8 Å². The lowest BCUT2D eigenvalue weighted by Gasteiger charge is -2.27. The summed E-state index contributed by atoms with van der Waals surface area (Å²) in [5.74, 6) is 7.80. The van der Waals surface area contributed by atoms with Crippen LogP contribution in [0.5, 0.6) is 17.2 Å². The Kier molecular flexibility index (Phi) is 7.35. The molecular formula is C25H29N3O5. The minimum Gasteiger partial charge on any atom is -0.493 e. The average molecular weight is 452 g/mol. The minimum atomic E-state index is 0.0421. The van der Waals surface area contributed by atoms with Gasteiger partial charge in [0.25, 0.3) is 0 Å². The summed E-state index contributed by atoms with van der Waals surface area (Å²) < 4.78 is 22.2. The van der Waals surface area contributed by atoms with Crippen LogP contribution in [-0.2, 0) is 11.3 Å². The Bertz CT molecular complexity index is 1150. The molecule has 0 bridgehead atoms. The summed E-state index contributed by atoms with van der Waals surface area (Å²) >= 11 is 0. The number of nitrogens with zero attached hydrogens (tertiary/aromatic N) is 2. The van der Waals surface area contributed by atoms with E-state index in [0.29, 0.717) is 23.7 Å². The maximum atomic E-state index is 9.03. The van der Waals surface area contributed by atoms with Crippen molar-refractivity contribution in [2.45, 2.75) is 13.0 Å². The zero-order valence-corrected chi connectivity index (χ0v) is 19.2. The summed E-state index contributed by atoms with van der Waals surface area (Å²) in [5, 5.41) is 10.0. The Labute approximate surface area is 193 Å². The third-order valence-electron chi connectivity index (χ3n) is 5.67. The van der Waals surface area contributed by atoms with Crippen molar-refractivity contribution < 1.29 is 24.1 Å². The van der Waals surface area contributed by atoms with Crippen LogP contribution >= 0.6 is 0 Å². The van der Waals surface area contributed by atoms with Gasteiger partial charge in [-0.15, -0.1) is 0 Å². The molecule has 4 rings (SSSR count). The number of methoxy groups -OCH3 is 3. The Morgan fingerprint density at radius 3 is 2.45 bits per heavy atom. The highest BCUT2D eigenvalue weighted by atomic mass is 16.5. The molecule has 8 nitrogen and oxygen atoms in total. The first kappa shape index (κ1) is 22.9. The number of aromatic nitrogens is 2. The molecule has 3 heterocycles. The van der Waals surface area contributed by atoms with Crippen LogP contribution in [0.4, 0.5) is 0 Å². The molecule has 3 aromatic rings. The maximum absolute atomic E-state index is 9.03. The fourth-order valence-electron chi connectivity index (χ4n) is 4.03. The number of pyridine rings is 1. The average Bonchev–Trinajstić information content (AvgIpc) is 3.21. The largest absolute Gasteiger partial charge is 0.493 e. The van der Waals surface area contributed by atoms with E-state index in [9.17, 15) is 0 Å². The molecular weight excluding hydrogens is 422 g/mol. The lowest BCUT2D eigenvalue weighted by molar-refractivity contribution is 0.0344. The molecule has 1 aromatic carbocycles. The van der Waals surface area contributed by atoms with E-state index in [0.717, 1.165) is 66.3 Å². The molecule has 1 aliphatic rings. The number of fused-ring (bicyclic) bond motifs is 1. The summed E-state index contributed by atoms with van der Waals surface area (Å²) in [4.78, 5) is 10.5. The Morgan fingerprint density at radius 1 is 1.09 bits per heavy atom. The number of H-pyrrole nitrogens is 1. The van der Waals surface area contributed by atoms with E-state index >= 15 is 0 Å². The number of aromatic amines is 1. The van der Waals surface area contributed by atoms with Crippen molar-refractivity contribution in [3.05, 3.63) is 35.5 Å². The van der Waals surface area contributed by atoms with Crippen molar-refractivity contribution in [3.63, 3.8) is 0 Å². The van der Waals surface area contributed by atoms with E-state index in [1.54, 1.807) is 27.5 Å². The third kappa shape index (κ3) is 4.91. The number of hydrogen-bond donors (Lipinski definition) is 2. The molecule has 1 aliphatic heterocycles. The van der Waals surface area contributed by atoms with Gasteiger partial charge in [0.05, 0.1) is 46.8 Å². The number of ether oxygens (including phenoxy) is 4. The van der Waals surface area contributed by atoms with Gasteiger partial charge < -0.3 is 29.0 Å². The van der Waals surface area contributed by atoms with Gasteiger partial charge in [0, 0.05) is 54.3 Å². The molecule has 8 heteroatoms. The van der Waals surface area contributed by atoms with Gasteiger partial charge in [0.15, 0.2) is 11.5 Å². The number of morpholine rings is 1. The molecule has 0 atom stereocenters. The maximum Gasteiger partial charge on any atom is 0.203 e. The van der Waals surface area contributed by atoms with Crippen LogP contribution < -0.4 is 14.2 Å². The molecule has 1 fully saturated rings. The molecule has 0 unspecified atom stereocenters. The minimum absolute atomic E-state index is 0.0421. The van der Waals surface area contributed by atoms with Crippen molar-refractivity contribution >= 4 is 11.0 Å². The molecule has 0 aliphatic carbocycles. The van der Waals surface area contributed by atoms with Crippen LogP contribution in [0.3, 0.4) is 0 Å². The highest BCUT2D eigenvalue weighted by Gasteiger charge is 2.22. The van der Waals surface area contributed by atoms with Gasteiger partial charge in [-0.2, -0.15) is 0 Å². The lowest BCUT2D eigenvalue weighted by Crippen LogP contribution is -2.35. The molecule has 2 aromatic heterocycles. The van der Waals surface area contributed by atoms with E-state index < -0.39 is 0 Å². The topological polar surface area (TPSA) is 89.1 Å². The third-order valence-corrected chi connectivity index (χ3v) is 5.67. The van der Waals surface area contributed by atoms with Crippen molar-refractivity contribution in [1.29, 1.82) is 0 Å². The predicted octanol–water partition coefficient (Wildman–Crippen LogP) is 2.82. The van der Waals surface area contributed by atoms with Gasteiger partial charge >= 0.3 is 0 Å². The smallest absolute Gasteiger partial charge is 0.203 e. The first-order valence-corrected chi connectivity index (χ1v) is 10.9. The van der Waals surface area contributed by atoms with E-state index in [1.165, 1.54) is 0 Å². The van der Waals surface area contributed by atoms with Crippen molar-refractivity contribution in [2.75, 3.05) is 54.2 Å². The second-order valence-electron chi connectivity index (χ2n) is 7.68. The molecule has 1 saturated heterocycles. The highest BCUT2D eigenvalue weighted by Crippen LogP contribution is 2.42. The van der Waals surface area contributed by atoms with E-state index in [-0.39, 0.29) is 6.61 Å². The SMILES string of the molecule is COc1cc(-c2[nH]c3ncc(C#CCCO)cc3c2CN2CCOCC2)cc(OC)c1OC. The van der Waals surface area contributed by atoms with Gasteiger partial charge in [0.1, 0.15) is 5.65 Å². The summed E-state index contributed by atoms with van der Waals surface area (Å²) in [6.45, 7) is 3.95. The fourth-order valence-corrected chi connectivity index (χ4v) is 4.03. The van der Waals surface area contributed by atoms with E-state index in [1.807, 2.05) is 12.1 Å². The summed E-state index contributed by atoms with van der Waals surface area (Å²) in [7, 11) is 4.82. The first-order valence-electron chi connectivity index (χ1n) is 10.9. The van der Waals surface area contributed by atoms with Crippen molar-refractivity contribution in [2.24, 2.45) is 0 Å². The lowest BCUT2D eigenvalue weighted by atomic mass is 10.0. The number of benzene rings is 1. The Morgan fingerprint density at radius 2 is 1.82 bits per heavy atom. The summed E-state index contributed by atoms with van der Waals surface area (Å²) in [6.07, 6.45) is 2.18. The van der Waals surface area contributed by atoms with Gasteiger partial charge in [0.2, 0.25) is 5.75 Å². The van der Waals surface area contributed by atoms with Crippen LogP contribution in [0.25, 0.3) is 22.3 Å². The quantitative estimate of drug-likeness (QED) is 0.534. The normalized spacial score (nSPS) is 14.1. The number of aliphatic hydroxyl groups excluding tert-OH is 1. The van der Waals surface area contributed by atoms with Crippen molar-refractivity contribution in [3.8, 4) is 40.3 Å². The number of rotatable bonds is 7. The molecule has 33 heavy (non-hydrogen) atoms. The molecule has 0 saturated carbocycles. The molecule has 174 valence electrons. The highest BCUT2D eigenvalue weighted by molar-refractivity contribution is 5.90. The molecule has 2 N–H and O–H groups in total. The van der Waals surface area contributed by atoms with Crippen LogP contribution in [-0.4, -0.2) is 74.2 Å². The summed E-state index contributed by atoms with van der Waals surface area (Å²) in [6, 6.07) is 5.94. The predicted molar refractivity (Wildman–Crippen MR) is 126 cm³/mol. The second-order valence-corrected chi connectivity index (χ2v) is 7.68. The first-order chi connectivity index (χ1) is 16.2. The number of aliphatic hydroxyl groups is 1. The standard InChI is InChI=1S/C25H29N3O5/c1-30-21-13-18(14-22(31-2)24(21)32-3)23-20(16-28-7-10-33-11-8-28)19-12-17(6-4-5-9-29)15-26-25(19)27-23/h12-15,29H,5,7-11,16H2,1-3H3,(H,26,27). The van der Waals surface area contributed by atoms with Crippen LogP contribution in [0.15, 0.2) is 24.4 Å². The zero-order chi connectivity index (χ0) is 23.2. The van der Waals surface area contributed by atoms with Gasteiger partial charge in [-0.05, 0) is 18.2 Å². The van der Waals surface area contributed by atoms with Crippen LogP contribution in [0.1, 0.15) is 17.5 Å². The molecule has 0 radical (unpaired) electrons. The van der Waals surface area contributed by atoms with E-state index in [4.69, 9.17) is 24.1 Å². The number of hydrogen-bond acceptors (Lipinski definition) is 7. The Balaban J connectivity index is 1.86. The van der Waals surface area contributed by atoms with Gasteiger partial charge in [-0.1, -0.05) is 11.8 Å². The molecule has 0 spiro atoms. The summed E-state index contributed by atoms with van der Waals surface area (Å²) in [5.41, 5.74) is 4.59. The van der Waals surface area contributed by atoms with Gasteiger partial charge in [-0.25, -0.2) is 4.98 Å². The van der Waals surface area contributed by atoms with Crippen molar-refractivity contribution in [1.82, 2.24) is 14.9 Å². The zero-order valence-electron chi connectivity index (χ0n) is 19.2. The second kappa shape index (κ2) is 10.6. The fraction of sp³-hybridized carbons (Fsp3) is 0.400. The monoisotopic (exact) mass is 451 g/mol. The van der Waals surface area contributed by atoms with E-state index in [2.05, 4.69) is 32.8 Å². The van der Waals surface area contributed by atoms with Gasteiger partial charge in [-0.3, -0.25) is 4.90 Å². The van der Waals surface area contributed by atoms with Crippen LogP contribution in [0.2, 0.25) is 0 Å².